The van der Waals surface area contributed by atoms with Crippen LogP contribution in [0.25, 0.3) is 44.1 Å². The summed E-state index contributed by atoms with van der Waals surface area (Å²) >= 11 is 0. The van der Waals surface area contributed by atoms with Crippen LogP contribution in [0, 0.1) is 17.9 Å². The van der Waals surface area contributed by atoms with Gasteiger partial charge < -0.3 is 10.1 Å². The van der Waals surface area contributed by atoms with Crippen LogP contribution in [0.4, 0.5) is 0 Å². The van der Waals surface area contributed by atoms with E-state index in [0.29, 0.717) is 0 Å². The fourth-order valence-electron chi connectivity index (χ4n) is 8.54. The van der Waals surface area contributed by atoms with E-state index in [4.69, 9.17) is 9.97 Å². The van der Waals surface area contributed by atoms with Crippen LogP contribution in [0.1, 0.15) is 102 Å². The molecule has 53 heavy (non-hydrogen) atoms. The van der Waals surface area contributed by atoms with Crippen molar-refractivity contribution in [1.29, 1.82) is 0 Å². The molecule has 2 aliphatic rings. The minimum absolute atomic E-state index is 0. The van der Waals surface area contributed by atoms with Crippen LogP contribution < -0.4 is 0 Å². The Morgan fingerprint density at radius 2 is 1.40 bits per heavy atom. The number of aliphatic hydroxyl groups excluding tert-OH is 1. The van der Waals surface area contributed by atoms with Crippen LogP contribution >= 0.6 is 0 Å². The van der Waals surface area contributed by atoms with Gasteiger partial charge in [0, 0.05) is 60.7 Å². The molecule has 2 aromatic heterocycles. The molecule has 0 atom stereocenters. The quantitative estimate of drug-likeness (QED) is 0.0984. The number of pyridine rings is 2. The number of nitrogens with zero attached hydrogens (tertiary/aromatic N) is 2. The number of benzene rings is 4. The van der Waals surface area contributed by atoms with Crippen molar-refractivity contribution in [2.45, 2.75) is 85.0 Å². The summed E-state index contributed by atoms with van der Waals surface area (Å²) in [6, 6.07) is 36.9. The predicted molar refractivity (Wildman–Crippen MR) is 215 cm³/mol. The topological polar surface area (TPSA) is 63.1 Å². The second-order valence-corrected chi connectivity index (χ2v) is 15.3. The van der Waals surface area contributed by atoms with Crippen LogP contribution in [0.2, 0.25) is 0 Å². The van der Waals surface area contributed by atoms with Gasteiger partial charge in [-0.05, 0) is 76.7 Å². The number of rotatable bonds is 7. The molecule has 4 aromatic carbocycles. The predicted octanol–water partition coefficient (Wildman–Crippen LogP) is 12.1. The Balaban J connectivity index is 0.000000258. The molecule has 0 saturated heterocycles. The first-order valence-electron chi connectivity index (χ1n) is 19.0. The Hall–Kier alpha value is -4.44. The van der Waals surface area contributed by atoms with Crippen LogP contribution in [0.15, 0.2) is 109 Å². The molecule has 6 aromatic rings. The summed E-state index contributed by atoms with van der Waals surface area (Å²) in [4.78, 5) is 21.9. The molecule has 2 heterocycles. The van der Waals surface area contributed by atoms with Gasteiger partial charge in [-0.25, -0.2) is 0 Å². The molecule has 0 fully saturated rings. The van der Waals surface area contributed by atoms with Gasteiger partial charge in [0.1, 0.15) is 0 Å². The molecule has 1 radical (unpaired) electrons. The van der Waals surface area contributed by atoms with E-state index >= 15 is 0 Å². The molecule has 0 amide bonds. The SMILES string of the molecule is CC(C)(C)c1cc2c3c(nccc3n1)-c1[c-]cc3ccccc3c1C21c2ccccc2-c2ccccc21.CCC(CC)C(=O)/C=C(\O)C(CC)CC.[Ir]. The maximum Gasteiger partial charge on any atom is 0.162 e. The van der Waals surface area contributed by atoms with Gasteiger partial charge in [0.15, 0.2) is 5.78 Å². The van der Waals surface area contributed by atoms with Crippen molar-refractivity contribution in [2.75, 3.05) is 0 Å². The number of hydrogen-bond acceptors (Lipinski definition) is 4. The number of ketones is 1. The molecule has 0 bridgehead atoms. The summed E-state index contributed by atoms with van der Waals surface area (Å²) in [6.45, 7) is 14.8. The van der Waals surface area contributed by atoms with E-state index in [1.165, 1.54) is 50.2 Å². The average Bonchev–Trinajstić information content (AvgIpc) is 3.44. The van der Waals surface area contributed by atoms with Crippen molar-refractivity contribution in [1.82, 2.24) is 9.97 Å². The smallest absolute Gasteiger partial charge is 0.162 e. The Bertz CT molecular complexity index is 2300. The second kappa shape index (κ2) is 15.1. The molecule has 0 aliphatic heterocycles. The zero-order valence-electron chi connectivity index (χ0n) is 31.9. The third-order valence-corrected chi connectivity index (χ3v) is 11.4. The number of carbonyl (C=O) groups excluding carboxylic acids is 1. The monoisotopic (exact) mass is 878 g/mol. The van der Waals surface area contributed by atoms with E-state index in [1.807, 2.05) is 33.9 Å². The van der Waals surface area contributed by atoms with Crippen LogP contribution in [0.3, 0.4) is 0 Å². The van der Waals surface area contributed by atoms with E-state index in [2.05, 4.69) is 118 Å². The number of allylic oxidation sites excluding steroid dienone is 2. The molecule has 273 valence electrons. The summed E-state index contributed by atoms with van der Waals surface area (Å²) in [5, 5.41) is 13.3. The van der Waals surface area contributed by atoms with Gasteiger partial charge in [-0.3, -0.25) is 9.78 Å². The van der Waals surface area contributed by atoms with Gasteiger partial charge in [0.25, 0.3) is 0 Å². The number of hydrogen-bond donors (Lipinski definition) is 1. The zero-order chi connectivity index (χ0) is 36.8. The molecule has 1 N–H and O–H groups in total. The minimum Gasteiger partial charge on any atom is -0.512 e. The van der Waals surface area contributed by atoms with Crippen LogP contribution in [-0.2, 0) is 35.7 Å². The molecular weight excluding hydrogens is 829 g/mol. The average molecular weight is 878 g/mol. The molecule has 4 nitrogen and oxygen atoms in total. The van der Waals surface area contributed by atoms with Gasteiger partial charge >= 0.3 is 0 Å². The van der Waals surface area contributed by atoms with Gasteiger partial charge in [0.05, 0.1) is 11.3 Å². The van der Waals surface area contributed by atoms with Crippen molar-refractivity contribution in [3.05, 3.63) is 143 Å². The van der Waals surface area contributed by atoms with Gasteiger partial charge in [0.2, 0.25) is 0 Å². The van der Waals surface area contributed by atoms with Crippen molar-refractivity contribution >= 4 is 27.5 Å². The van der Waals surface area contributed by atoms with Crippen molar-refractivity contribution in [3.63, 3.8) is 0 Å². The van der Waals surface area contributed by atoms with Gasteiger partial charge in [-0.2, -0.15) is 0 Å². The summed E-state index contributed by atoms with van der Waals surface area (Å²) in [5.74, 6) is 0.547. The Morgan fingerprint density at radius 3 is 2.00 bits per heavy atom. The normalized spacial score (nSPS) is 13.7. The van der Waals surface area contributed by atoms with Crippen LogP contribution in [0.5, 0.6) is 0 Å². The molecule has 8 rings (SSSR count). The van der Waals surface area contributed by atoms with E-state index in [1.54, 1.807) is 0 Å². The molecule has 2 aliphatic carbocycles. The Morgan fingerprint density at radius 1 is 0.811 bits per heavy atom. The number of carbonyl (C=O) groups is 1. The fourth-order valence-corrected chi connectivity index (χ4v) is 8.54. The van der Waals surface area contributed by atoms with Crippen molar-refractivity contribution < 1.29 is 30.0 Å². The molecule has 1 spiro atoms. The number of aromatic nitrogens is 2. The van der Waals surface area contributed by atoms with E-state index < -0.39 is 5.41 Å². The van der Waals surface area contributed by atoms with E-state index in [9.17, 15) is 9.90 Å². The molecule has 0 saturated carbocycles. The van der Waals surface area contributed by atoms with E-state index in [-0.39, 0.29) is 48.9 Å². The second-order valence-electron chi connectivity index (χ2n) is 15.3. The fraction of sp³-hybridized carbons (Fsp3) is 0.312. The minimum atomic E-state index is -0.489. The third-order valence-electron chi connectivity index (χ3n) is 11.4. The third kappa shape index (κ3) is 6.26. The van der Waals surface area contributed by atoms with Gasteiger partial charge in [-0.15, -0.1) is 23.3 Å². The van der Waals surface area contributed by atoms with Gasteiger partial charge in [-0.1, -0.05) is 132 Å². The number of aliphatic hydroxyl groups is 1. The largest absolute Gasteiger partial charge is 0.512 e. The summed E-state index contributed by atoms with van der Waals surface area (Å²) in [6.07, 6.45) is 6.81. The summed E-state index contributed by atoms with van der Waals surface area (Å²) in [7, 11) is 0. The van der Waals surface area contributed by atoms with Crippen LogP contribution in [-0.4, -0.2) is 20.9 Å². The summed E-state index contributed by atoms with van der Waals surface area (Å²) < 4.78 is 0. The van der Waals surface area contributed by atoms with Crippen molar-refractivity contribution in [2.24, 2.45) is 11.8 Å². The summed E-state index contributed by atoms with van der Waals surface area (Å²) in [5.41, 5.74) is 11.4. The molecule has 5 heteroatoms. The number of fused-ring (bicyclic) bond motifs is 11. The van der Waals surface area contributed by atoms with E-state index in [0.717, 1.165) is 53.5 Å². The first-order valence-corrected chi connectivity index (χ1v) is 19.0. The zero-order valence-corrected chi connectivity index (χ0v) is 34.3. The molecule has 0 unspecified atom stereocenters. The Labute approximate surface area is 328 Å². The maximum absolute atomic E-state index is 11.7. The van der Waals surface area contributed by atoms with Crippen molar-refractivity contribution in [3.8, 4) is 22.4 Å². The molecular formula is C48H49IrN2O2-. The standard InChI is InChI=1S/C35H25N2.C13H24O2.Ir/c1-34(2,3)30-20-28-31-29(37-30)18-19-36-33(31)25-17-16-21-10-4-5-11-22(21)32(25)35(28)26-14-8-6-12-23(26)24-13-7-9-15-27(24)35;1-5-10(6-2)12(14)9-13(15)11(7-3)8-4;/h4-16,18-20H,1-3H3;9-11,14H,5-8H2,1-4H3;/q-1;;/b;12-9-;. The maximum atomic E-state index is 11.7. The first kappa shape index (κ1) is 38.3. The first-order chi connectivity index (χ1) is 25.1. The Kier molecular flexibility index (Phi) is 10.9.